The molecule has 3 aromatic rings. The minimum absolute atomic E-state index is 0.0601. The van der Waals surface area contributed by atoms with E-state index in [1.54, 1.807) is 18.2 Å². The average Bonchev–Trinajstić information content (AvgIpc) is 3.27. The Morgan fingerprint density at radius 2 is 1.97 bits per heavy atom. The van der Waals surface area contributed by atoms with Crippen molar-refractivity contribution >= 4 is 23.2 Å². The lowest BCUT2D eigenvalue weighted by molar-refractivity contribution is -0.116. The van der Waals surface area contributed by atoms with Crippen LogP contribution in [-0.2, 0) is 17.9 Å². The zero-order chi connectivity index (χ0) is 22.8. The summed E-state index contributed by atoms with van der Waals surface area (Å²) in [6, 6.07) is 9.22. The van der Waals surface area contributed by atoms with Gasteiger partial charge in [0.2, 0.25) is 5.91 Å². The molecule has 0 aliphatic heterocycles. The predicted molar refractivity (Wildman–Crippen MR) is 113 cm³/mol. The van der Waals surface area contributed by atoms with Gasteiger partial charge in [0, 0.05) is 25.7 Å². The van der Waals surface area contributed by atoms with Crippen LogP contribution in [0.1, 0.15) is 22.6 Å². The lowest BCUT2D eigenvalue weighted by Crippen LogP contribution is -2.25. The van der Waals surface area contributed by atoms with E-state index in [9.17, 15) is 18.9 Å². The SMILES string of the molecule is O=Nc1ccccc1NC(=O)CCNCCn1cc(C(=O)NCc2ncccc2F)nn1. The second kappa shape index (κ2) is 11.4. The lowest BCUT2D eigenvalue weighted by atomic mass is 10.2. The number of hydrogen-bond acceptors (Lipinski definition) is 8. The summed E-state index contributed by atoms with van der Waals surface area (Å²) in [5, 5.41) is 18.8. The Bertz CT molecular complexity index is 1090. The van der Waals surface area contributed by atoms with Gasteiger partial charge in [0.15, 0.2) is 5.69 Å². The van der Waals surface area contributed by atoms with E-state index >= 15 is 0 Å². The summed E-state index contributed by atoms with van der Waals surface area (Å²) in [7, 11) is 0. The quantitative estimate of drug-likeness (QED) is 0.304. The molecule has 2 heterocycles. The van der Waals surface area contributed by atoms with Gasteiger partial charge in [-0.3, -0.25) is 19.3 Å². The Labute approximate surface area is 182 Å². The van der Waals surface area contributed by atoms with Crippen LogP contribution in [0.5, 0.6) is 0 Å². The van der Waals surface area contributed by atoms with Crippen molar-refractivity contribution in [1.82, 2.24) is 30.6 Å². The molecule has 3 N–H and O–H groups in total. The van der Waals surface area contributed by atoms with Crippen molar-refractivity contribution < 1.29 is 14.0 Å². The summed E-state index contributed by atoms with van der Waals surface area (Å²) < 4.78 is 15.0. The minimum Gasteiger partial charge on any atom is -0.345 e. The number of benzene rings is 1. The van der Waals surface area contributed by atoms with Gasteiger partial charge in [0.1, 0.15) is 11.5 Å². The van der Waals surface area contributed by atoms with Crippen molar-refractivity contribution in [2.75, 3.05) is 18.4 Å². The summed E-state index contributed by atoms with van der Waals surface area (Å²) in [6.07, 6.45) is 3.11. The van der Waals surface area contributed by atoms with Crippen molar-refractivity contribution in [1.29, 1.82) is 0 Å². The number of pyridine rings is 1. The third-order valence-corrected chi connectivity index (χ3v) is 4.35. The smallest absolute Gasteiger partial charge is 0.273 e. The fourth-order valence-electron chi connectivity index (χ4n) is 2.71. The monoisotopic (exact) mass is 440 g/mol. The molecule has 0 spiro atoms. The molecule has 166 valence electrons. The highest BCUT2D eigenvalue weighted by molar-refractivity contribution is 5.93. The topological polar surface area (TPSA) is 143 Å². The van der Waals surface area contributed by atoms with Crippen molar-refractivity contribution in [3.63, 3.8) is 0 Å². The molecule has 0 aliphatic carbocycles. The minimum atomic E-state index is -0.499. The highest BCUT2D eigenvalue weighted by atomic mass is 19.1. The number of hydrogen-bond donors (Lipinski definition) is 3. The van der Waals surface area contributed by atoms with E-state index in [-0.39, 0.29) is 35.9 Å². The number of anilines is 1. The molecule has 1 aromatic carbocycles. The standard InChI is InChI=1S/C20H21FN8O3/c21-14-4-3-8-23-17(14)12-24-20(31)18-13-29(28-26-18)11-10-22-9-7-19(30)25-15-5-1-2-6-16(15)27-32/h1-6,8,13,22H,7,9-12H2,(H,24,31)(H,25,30). The first-order valence-corrected chi connectivity index (χ1v) is 9.77. The zero-order valence-electron chi connectivity index (χ0n) is 17.0. The van der Waals surface area contributed by atoms with Gasteiger partial charge >= 0.3 is 0 Å². The maximum atomic E-state index is 13.5. The van der Waals surface area contributed by atoms with E-state index < -0.39 is 11.7 Å². The summed E-state index contributed by atoms with van der Waals surface area (Å²) in [5.41, 5.74) is 0.771. The third kappa shape index (κ3) is 6.47. The molecule has 32 heavy (non-hydrogen) atoms. The maximum absolute atomic E-state index is 13.5. The van der Waals surface area contributed by atoms with E-state index in [1.165, 1.54) is 35.3 Å². The number of para-hydroxylation sites is 1. The molecular formula is C20H21FN8O3. The molecule has 2 aromatic heterocycles. The molecule has 11 nitrogen and oxygen atoms in total. The van der Waals surface area contributed by atoms with E-state index in [4.69, 9.17) is 0 Å². The lowest BCUT2D eigenvalue weighted by Gasteiger charge is -2.07. The van der Waals surface area contributed by atoms with E-state index in [0.29, 0.717) is 25.3 Å². The molecule has 0 bridgehead atoms. The average molecular weight is 440 g/mol. The largest absolute Gasteiger partial charge is 0.345 e. The number of amides is 2. The Kier molecular flexibility index (Phi) is 8.03. The number of aromatic nitrogens is 4. The number of nitrogens with zero attached hydrogens (tertiary/aromatic N) is 5. The van der Waals surface area contributed by atoms with Gasteiger partial charge in [-0.1, -0.05) is 17.3 Å². The van der Waals surface area contributed by atoms with Crippen LogP contribution in [-0.4, -0.2) is 44.9 Å². The van der Waals surface area contributed by atoms with Crippen LogP contribution in [0.4, 0.5) is 15.8 Å². The summed E-state index contributed by atoms with van der Waals surface area (Å²) in [5.74, 6) is -1.24. The van der Waals surface area contributed by atoms with Gasteiger partial charge in [0.25, 0.3) is 5.91 Å². The highest BCUT2D eigenvalue weighted by Crippen LogP contribution is 2.23. The summed E-state index contributed by atoms with van der Waals surface area (Å²) >= 11 is 0. The van der Waals surface area contributed by atoms with Gasteiger partial charge in [-0.05, 0) is 29.4 Å². The van der Waals surface area contributed by atoms with Gasteiger partial charge in [-0.25, -0.2) is 4.39 Å². The van der Waals surface area contributed by atoms with Crippen LogP contribution >= 0.6 is 0 Å². The molecular weight excluding hydrogens is 419 g/mol. The van der Waals surface area contributed by atoms with Crippen molar-refractivity contribution in [3.05, 3.63) is 70.9 Å². The molecule has 3 rings (SSSR count). The molecule has 2 amide bonds. The third-order valence-electron chi connectivity index (χ3n) is 4.35. The van der Waals surface area contributed by atoms with E-state index in [2.05, 4.69) is 36.4 Å². The number of rotatable bonds is 11. The summed E-state index contributed by atoms with van der Waals surface area (Å²) in [4.78, 5) is 38.7. The van der Waals surface area contributed by atoms with Gasteiger partial charge in [-0.2, -0.15) is 0 Å². The van der Waals surface area contributed by atoms with Crippen LogP contribution in [0.15, 0.2) is 54.0 Å². The Hall–Kier alpha value is -4.06. The number of carbonyl (C=O) groups excluding carboxylic acids is 2. The van der Waals surface area contributed by atoms with Crippen LogP contribution in [0.2, 0.25) is 0 Å². The number of nitroso groups, excluding NO2 is 1. The molecule has 0 unspecified atom stereocenters. The fraction of sp³-hybridized carbons (Fsp3) is 0.250. The van der Waals surface area contributed by atoms with Gasteiger partial charge in [0.05, 0.1) is 30.7 Å². The maximum Gasteiger partial charge on any atom is 0.273 e. The molecule has 12 heteroatoms. The van der Waals surface area contributed by atoms with E-state index in [0.717, 1.165) is 0 Å². The molecule has 0 fully saturated rings. The van der Waals surface area contributed by atoms with Crippen LogP contribution in [0, 0.1) is 10.7 Å². The van der Waals surface area contributed by atoms with Gasteiger partial charge < -0.3 is 16.0 Å². The number of nitrogens with one attached hydrogen (secondary N) is 3. The molecule has 0 atom stereocenters. The Balaban J connectivity index is 1.35. The van der Waals surface area contributed by atoms with Crippen molar-refractivity contribution in [2.24, 2.45) is 5.18 Å². The zero-order valence-corrected chi connectivity index (χ0v) is 17.0. The van der Waals surface area contributed by atoms with Crippen molar-refractivity contribution in [2.45, 2.75) is 19.5 Å². The molecule has 0 radical (unpaired) electrons. The predicted octanol–water partition coefficient (Wildman–Crippen LogP) is 1.76. The highest BCUT2D eigenvalue weighted by Gasteiger charge is 2.12. The van der Waals surface area contributed by atoms with Crippen molar-refractivity contribution in [3.8, 4) is 0 Å². The van der Waals surface area contributed by atoms with E-state index in [1.807, 2.05) is 0 Å². The molecule has 0 saturated heterocycles. The first kappa shape index (κ1) is 22.6. The Morgan fingerprint density at radius 1 is 1.12 bits per heavy atom. The number of carbonyl (C=O) groups is 2. The van der Waals surface area contributed by atoms with Crippen LogP contribution < -0.4 is 16.0 Å². The first-order chi connectivity index (χ1) is 15.6. The second-order valence-electron chi connectivity index (χ2n) is 6.64. The fourth-order valence-corrected chi connectivity index (χ4v) is 2.71. The molecule has 0 saturated carbocycles. The number of halogens is 1. The normalized spacial score (nSPS) is 10.5. The summed E-state index contributed by atoms with van der Waals surface area (Å²) in [6.45, 7) is 1.26. The Morgan fingerprint density at radius 3 is 2.78 bits per heavy atom. The first-order valence-electron chi connectivity index (χ1n) is 9.77. The van der Waals surface area contributed by atoms with Crippen LogP contribution in [0.3, 0.4) is 0 Å². The molecule has 0 aliphatic rings. The van der Waals surface area contributed by atoms with Crippen LogP contribution in [0.25, 0.3) is 0 Å². The second-order valence-corrected chi connectivity index (χ2v) is 6.64. The van der Waals surface area contributed by atoms with Gasteiger partial charge in [-0.15, -0.1) is 10.0 Å².